The highest BCUT2D eigenvalue weighted by Crippen LogP contribution is 2.34. The molecule has 0 bridgehead atoms. The van der Waals surface area contributed by atoms with Crippen molar-refractivity contribution in [3.05, 3.63) is 24.2 Å². The largest absolute Gasteiger partial charge is 0.472 e. The van der Waals surface area contributed by atoms with Gasteiger partial charge in [-0.05, 0) is 39.5 Å². The third-order valence-corrected chi connectivity index (χ3v) is 3.99. The number of nitrogens with one attached hydrogen (secondary N) is 1. The highest BCUT2D eigenvalue weighted by Gasteiger charge is 2.37. The zero-order chi connectivity index (χ0) is 12.9. The van der Waals surface area contributed by atoms with Gasteiger partial charge in [0.1, 0.15) is 0 Å². The summed E-state index contributed by atoms with van der Waals surface area (Å²) in [5.41, 5.74) is 1.34. The Balaban J connectivity index is 3.04. The monoisotopic (exact) mass is 238 g/mol. The van der Waals surface area contributed by atoms with Crippen molar-refractivity contribution in [2.45, 2.75) is 45.7 Å². The maximum Gasteiger partial charge on any atom is 0.0951 e. The molecule has 1 heterocycles. The summed E-state index contributed by atoms with van der Waals surface area (Å²) in [7, 11) is 2.02. The van der Waals surface area contributed by atoms with E-state index in [1.807, 2.05) is 13.3 Å². The molecule has 0 aliphatic rings. The molecular weight excluding hydrogens is 212 g/mol. The lowest BCUT2D eigenvalue weighted by molar-refractivity contribution is 0.0726. The molecule has 0 radical (unpaired) electrons. The minimum atomic E-state index is 0.113. The zero-order valence-corrected chi connectivity index (χ0v) is 11.8. The predicted octanol–water partition coefficient (Wildman–Crippen LogP) is 3.05. The van der Waals surface area contributed by atoms with Crippen LogP contribution in [-0.2, 0) is 0 Å². The van der Waals surface area contributed by atoms with Gasteiger partial charge >= 0.3 is 0 Å². The molecule has 0 saturated carbocycles. The number of rotatable bonds is 7. The molecule has 1 aromatic heterocycles. The van der Waals surface area contributed by atoms with Crippen LogP contribution >= 0.6 is 0 Å². The molecular formula is C14H26N2O. The van der Waals surface area contributed by atoms with E-state index in [0.717, 1.165) is 19.5 Å². The fourth-order valence-electron chi connectivity index (χ4n) is 2.83. The van der Waals surface area contributed by atoms with Gasteiger partial charge in [0.2, 0.25) is 0 Å². The van der Waals surface area contributed by atoms with E-state index in [9.17, 15) is 0 Å². The van der Waals surface area contributed by atoms with Gasteiger partial charge in [-0.3, -0.25) is 4.90 Å². The average Bonchev–Trinajstić information content (AvgIpc) is 2.85. The second-order valence-electron chi connectivity index (χ2n) is 4.66. The summed E-state index contributed by atoms with van der Waals surface area (Å²) >= 11 is 0. The first-order chi connectivity index (χ1) is 8.13. The molecule has 2 atom stereocenters. The summed E-state index contributed by atoms with van der Waals surface area (Å²) in [6.07, 6.45) is 4.70. The third-order valence-electron chi connectivity index (χ3n) is 3.99. The van der Waals surface area contributed by atoms with E-state index in [1.54, 1.807) is 6.26 Å². The number of hydrogen-bond acceptors (Lipinski definition) is 3. The Hall–Kier alpha value is -0.800. The van der Waals surface area contributed by atoms with Crippen molar-refractivity contribution in [1.29, 1.82) is 0 Å². The molecule has 17 heavy (non-hydrogen) atoms. The molecule has 1 rings (SSSR count). The minimum Gasteiger partial charge on any atom is -0.472 e. The second kappa shape index (κ2) is 6.22. The summed E-state index contributed by atoms with van der Waals surface area (Å²) in [5.74, 6) is 0. The Labute approximate surface area is 105 Å². The van der Waals surface area contributed by atoms with Gasteiger partial charge in [-0.2, -0.15) is 0 Å². The van der Waals surface area contributed by atoms with Crippen LogP contribution in [0, 0.1) is 0 Å². The van der Waals surface area contributed by atoms with E-state index in [2.05, 4.69) is 44.0 Å². The average molecular weight is 238 g/mol. The van der Waals surface area contributed by atoms with Crippen LogP contribution in [0.1, 0.15) is 45.7 Å². The molecule has 3 heteroatoms. The summed E-state index contributed by atoms with van der Waals surface area (Å²) < 4.78 is 5.23. The maximum atomic E-state index is 5.23. The quantitative estimate of drug-likeness (QED) is 0.791. The molecule has 0 amide bonds. The van der Waals surface area contributed by atoms with Crippen molar-refractivity contribution < 1.29 is 4.42 Å². The number of furan rings is 1. The van der Waals surface area contributed by atoms with Crippen molar-refractivity contribution in [1.82, 2.24) is 10.2 Å². The topological polar surface area (TPSA) is 28.4 Å². The SMILES string of the molecule is CCN(CC)C(C)(CC)C(NC)c1ccoc1. The highest BCUT2D eigenvalue weighted by molar-refractivity contribution is 5.18. The van der Waals surface area contributed by atoms with Crippen LogP contribution in [0.3, 0.4) is 0 Å². The number of nitrogens with zero attached hydrogens (tertiary/aromatic N) is 1. The van der Waals surface area contributed by atoms with Crippen LogP contribution in [0.2, 0.25) is 0 Å². The number of likely N-dealkylation sites (N-methyl/N-ethyl adjacent to an activating group) is 2. The van der Waals surface area contributed by atoms with E-state index in [1.165, 1.54) is 5.56 Å². The van der Waals surface area contributed by atoms with Gasteiger partial charge < -0.3 is 9.73 Å². The lowest BCUT2D eigenvalue weighted by atomic mass is 9.84. The number of hydrogen-bond donors (Lipinski definition) is 1. The molecule has 98 valence electrons. The Morgan fingerprint density at radius 2 is 2.00 bits per heavy atom. The van der Waals surface area contributed by atoms with Gasteiger partial charge in [0, 0.05) is 11.1 Å². The van der Waals surface area contributed by atoms with E-state index in [4.69, 9.17) is 4.42 Å². The van der Waals surface area contributed by atoms with Gasteiger partial charge in [-0.25, -0.2) is 0 Å². The van der Waals surface area contributed by atoms with Crippen molar-refractivity contribution in [3.63, 3.8) is 0 Å². The molecule has 1 aromatic rings. The van der Waals surface area contributed by atoms with Gasteiger partial charge in [-0.1, -0.05) is 20.8 Å². The molecule has 0 spiro atoms. The predicted molar refractivity (Wildman–Crippen MR) is 72.1 cm³/mol. The van der Waals surface area contributed by atoms with Gasteiger partial charge in [0.05, 0.1) is 18.6 Å². The first kappa shape index (κ1) is 14.3. The van der Waals surface area contributed by atoms with Crippen molar-refractivity contribution in [3.8, 4) is 0 Å². The smallest absolute Gasteiger partial charge is 0.0951 e. The molecule has 1 N–H and O–H groups in total. The summed E-state index contributed by atoms with van der Waals surface area (Å²) in [4.78, 5) is 2.52. The molecule has 0 fully saturated rings. The lowest BCUT2D eigenvalue weighted by Crippen LogP contribution is -2.53. The molecule has 0 saturated heterocycles. The Morgan fingerprint density at radius 3 is 2.35 bits per heavy atom. The maximum absolute atomic E-state index is 5.23. The van der Waals surface area contributed by atoms with E-state index < -0.39 is 0 Å². The van der Waals surface area contributed by atoms with Crippen LogP contribution in [-0.4, -0.2) is 30.6 Å². The minimum absolute atomic E-state index is 0.113. The van der Waals surface area contributed by atoms with Crippen LogP contribution in [0.5, 0.6) is 0 Å². The normalized spacial score (nSPS) is 17.1. The Kier molecular flexibility index (Phi) is 5.22. The van der Waals surface area contributed by atoms with Gasteiger partial charge in [-0.15, -0.1) is 0 Å². The second-order valence-corrected chi connectivity index (χ2v) is 4.66. The van der Waals surface area contributed by atoms with Crippen LogP contribution in [0.4, 0.5) is 0 Å². The Bertz CT molecular complexity index is 306. The molecule has 0 aliphatic carbocycles. The molecule has 0 aliphatic heterocycles. The van der Waals surface area contributed by atoms with Gasteiger partial charge in [0.25, 0.3) is 0 Å². The van der Waals surface area contributed by atoms with Crippen molar-refractivity contribution >= 4 is 0 Å². The first-order valence-corrected chi connectivity index (χ1v) is 6.58. The fraction of sp³-hybridized carbons (Fsp3) is 0.714. The van der Waals surface area contributed by atoms with Crippen LogP contribution < -0.4 is 5.32 Å². The Morgan fingerprint density at radius 1 is 1.35 bits per heavy atom. The molecule has 2 unspecified atom stereocenters. The summed E-state index contributed by atoms with van der Waals surface area (Å²) in [6, 6.07) is 2.35. The standard InChI is InChI=1S/C14H26N2O/c1-6-14(4,16(7-2)8-3)13(15-5)12-9-10-17-11-12/h9-11,13,15H,6-8H2,1-5H3. The van der Waals surface area contributed by atoms with Crippen LogP contribution in [0.25, 0.3) is 0 Å². The first-order valence-electron chi connectivity index (χ1n) is 6.58. The molecule has 3 nitrogen and oxygen atoms in total. The lowest BCUT2D eigenvalue weighted by Gasteiger charge is -2.45. The van der Waals surface area contributed by atoms with E-state index in [0.29, 0.717) is 6.04 Å². The summed E-state index contributed by atoms with van der Waals surface area (Å²) in [6.45, 7) is 11.2. The van der Waals surface area contributed by atoms with E-state index >= 15 is 0 Å². The fourth-order valence-corrected chi connectivity index (χ4v) is 2.83. The van der Waals surface area contributed by atoms with E-state index in [-0.39, 0.29) is 5.54 Å². The van der Waals surface area contributed by atoms with Gasteiger partial charge in [0.15, 0.2) is 0 Å². The zero-order valence-electron chi connectivity index (χ0n) is 11.8. The summed E-state index contributed by atoms with van der Waals surface area (Å²) in [5, 5.41) is 3.44. The van der Waals surface area contributed by atoms with Crippen molar-refractivity contribution in [2.75, 3.05) is 20.1 Å². The van der Waals surface area contributed by atoms with Crippen molar-refractivity contribution in [2.24, 2.45) is 0 Å². The molecule has 0 aromatic carbocycles. The highest BCUT2D eigenvalue weighted by atomic mass is 16.3. The van der Waals surface area contributed by atoms with Crippen LogP contribution in [0.15, 0.2) is 23.0 Å². The third kappa shape index (κ3) is 2.72.